The van der Waals surface area contributed by atoms with Crippen LogP contribution in [0.3, 0.4) is 0 Å². The van der Waals surface area contributed by atoms with Crippen molar-refractivity contribution in [2.75, 3.05) is 0 Å². The monoisotopic (exact) mass is 464 g/mol. The zero-order chi connectivity index (χ0) is 23.8. The van der Waals surface area contributed by atoms with Gasteiger partial charge >= 0.3 is 5.97 Å². The van der Waals surface area contributed by atoms with Gasteiger partial charge in [-0.1, -0.05) is 63.8 Å². The average Bonchev–Trinajstić information content (AvgIpc) is 3.07. The Hall–Kier alpha value is -0.913. The van der Waals surface area contributed by atoms with Crippen LogP contribution >= 0.6 is 0 Å². The molecule has 0 amide bonds. The largest absolute Gasteiger partial charge is 0.481 e. The van der Waals surface area contributed by atoms with Crippen LogP contribution < -0.4 is 0 Å². The van der Waals surface area contributed by atoms with Crippen LogP contribution in [0, 0.1) is 11.8 Å². The summed E-state index contributed by atoms with van der Waals surface area (Å²) in [6.07, 6.45) is 18.5. The molecule has 1 unspecified atom stereocenters. The van der Waals surface area contributed by atoms with Gasteiger partial charge in [0.25, 0.3) is 0 Å². The van der Waals surface area contributed by atoms with Crippen LogP contribution in [0.15, 0.2) is 23.8 Å². The predicted octanol–water partition coefficient (Wildman–Crippen LogP) is 7.25. The van der Waals surface area contributed by atoms with E-state index in [9.17, 15) is 9.90 Å². The van der Waals surface area contributed by atoms with E-state index in [1.165, 1.54) is 37.7 Å². The molecule has 32 heavy (non-hydrogen) atoms. The summed E-state index contributed by atoms with van der Waals surface area (Å²) in [5.74, 6) is 0.144. The molecule has 0 heterocycles. The molecular weight excluding hydrogens is 416 g/mol. The second kappa shape index (κ2) is 12.5. The Morgan fingerprint density at radius 1 is 1.22 bits per heavy atom. The highest BCUT2D eigenvalue weighted by molar-refractivity contribution is 6.74. The summed E-state index contributed by atoms with van der Waals surface area (Å²) < 4.78 is 7.00. The van der Waals surface area contributed by atoms with E-state index < -0.39 is 14.3 Å². The van der Waals surface area contributed by atoms with Crippen molar-refractivity contribution in [1.29, 1.82) is 0 Å². The van der Waals surface area contributed by atoms with E-state index >= 15 is 0 Å². The van der Waals surface area contributed by atoms with Gasteiger partial charge in [-0.15, -0.1) is 0 Å². The lowest BCUT2D eigenvalue weighted by atomic mass is 9.82. The summed E-state index contributed by atoms with van der Waals surface area (Å²) in [6.45, 7) is 11.7. The predicted molar refractivity (Wildman–Crippen MR) is 135 cm³/mol. The van der Waals surface area contributed by atoms with Crippen LogP contribution in [0.25, 0.3) is 0 Å². The lowest BCUT2D eigenvalue weighted by Gasteiger charge is -2.42. The summed E-state index contributed by atoms with van der Waals surface area (Å²) in [5.41, 5.74) is 1.40. The fraction of sp³-hybridized carbons (Fsp3) is 0.815. The molecule has 2 rings (SSSR count). The maximum atomic E-state index is 10.6. The first-order chi connectivity index (χ1) is 15.0. The quantitative estimate of drug-likeness (QED) is 0.181. The second-order valence-corrected chi connectivity index (χ2v) is 16.3. The molecule has 2 aliphatic carbocycles. The third-order valence-corrected chi connectivity index (χ3v) is 12.5. The number of aliphatic hydroxyl groups excluding tert-OH is 1. The SMILES string of the molecule is CC(C)(C)[Si](C)(C)OC(CCC1=CC[C@H](O)[C@@H]1C/C=C\CCCC(=O)O)C1CCCCC1. The maximum absolute atomic E-state index is 10.6. The normalized spacial score (nSPS) is 24.1. The minimum atomic E-state index is -1.82. The number of hydrogen-bond acceptors (Lipinski definition) is 3. The molecule has 184 valence electrons. The summed E-state index contributed by atoms with van der Waals surface area (Å²) in [4.78, 5) is 10.6. The van der Waals surface area contributed by atoms with Crippen LogP contribution in [-0.2, 0) is 9.22 Å². The number of hydrogen-bond donors (Lipinski definition) is 2. The lowest BCUT2D eigenvalue weighted by molar-refractivity contribution is -0.137. The van der Waals surface area contributed by atoms with Gasteiger partial charge in [-0.05, 0) is 75.4 Å². The van der Waals surface area contributed by atoms with E-state index in [0.29, 0.717) is 18.4 Å². The minimum Gasteiger partial charge on any atom is -0.481 e. The molecule has 0 radical (unpaired) electrons. The van der Waals surface area contributed by atoms with Crippen molar-refractivity contribution in [3.05, 3.63) is 23.8 Å². The first-order valence-corrected chi connectivity index (χ1v) is 15.8. The highest BCUT2D eigenvalue weighted by Crippen LogP contribution is 2.42. The number of carbonyl (C=O) groups is 1. The van der Waals surface area contributed by atoms with Gasteiger partial charge in [0.15, 0.2) is 8.32 Å². The van der Waals surface area contributed by atoms with Crippen LogP contribution in [0.2, 0.25) is 18.1 Å². The molecule has 0 spiro atoms. The molecule has 3 atom stereocenters. The Morgan fingerprint density at radius 3 is 2.53 bits per heavy atom. The molecule has 5 heteroatoms. The summed E-state index contributed by atoms with van der Waals surface area (Å²) in [7, 11) is -1.82. The number of carboxylic acids is 1. The third kappa shape index (κ3) is 8.46. The van der Waals surface area contributed by atoms with Gasteiger partial charge < -0.3 is 14.6 Å². The van der Waals surface area contributed by atoms with Gasteiger partial charge in [0.05, 0.1) is 6.10 Å². The Bertz CT molecular complexity index is 641. The molecule has 4 nitrogen and oxygen atoms in total. The molecule has 0 aromatic rings. The number of aliphatic hydroxyl groups is 1. The number of carboxylic acid groups (broad SMARTS) is 1. The fourth-order valence-corrected chi connectivity index (χ4v) is 6.34. The molecular formula is C27H48O4Si. The van der Waals surface area contributed by atoms with Crippen LogP contribution in [0.5, 0.6) is 0 Å². The van der Waals surface area contributed by atoms with Gasteiger partial charge in [-0.3, -0.25) is 4.79 Å². The summed E-state index contributed by atoms with van der Waals surface area (Å²) in [6, 6.07) is 0. The second-order valence-electron chi connectivity index (χ2n) is 11.5. The van der Waals surface area contributed by atoms with E-state index in [4.69, 9.17) is 9.53 Å². The van der Waals surface area contributed by atoms with Crippen molar-refractivity contribution in [1.82, 2.24) is 0 Å². The lowest BCUT2D eigenvalue weighted by Crippen LogP contribution is -2.46. The van der Waals surface area contributed by atoms with Crippen molar-refractivity contribution in [3.8, 4) is 0 Å². The average molecular weight is 465 g/mol. The summed E-state index contributed by atoms with van der Waals surface area (Å²) >= 11 is 0. The van der Waals surface area contributed by atoms with Gasteiger partial charge in [-0.2, -0.15) is 0 Å². The van der Waals surface area contributed by atoms with Crippen LogP contribution in [-0.4, -0.2) is 36.7 Å². The standard InChI is InChI=1S/C27H48O4Si/c1-27(2,3)32(4,5)31-25(22-13-9-8-10-14-22)20-18-21-17-19-24(28)23(21)15-11-6-7-12-16-26(29)30/h6,11,17,22-25,28H,7-10,12-16,18-20H2,1-5H3,(H,29,30)/b11-6-/t23-,24+,25?/m1/s1. The third-order valence-electron chi connectivity index (χ3n) is 8.03. The highest BCUT2D eigenvalue weighted by Gasteiger charge is 2.41. The Labute approximate surface area is 197 Å². The Balaban J connectivity index is 1.95. The van der Waals surface area contributed by atoms with Crippen LogP contribution in [0.4, 0.5) is 0 Å². The number of rotatable bonds is 12. The van der Waals surface area contributed by atoms with E-state index in [2.05, 4.69) is 52.1 Å². The molecule has 0 bridgehead atoms. The van der Waals surface area contributed by atoms with Gasteiger partial charge in [-0.25, -0.2) is 0 Å². The molecule has 1 fully saturated rings. The smallest absolute Gasteiger partial charge is 0.303 e. The Morgan fingerprint density at radius 2 is 1.91 bits per heavy atom. The summed E-state index contributed by atoms with van der Waals surface area (Å²) in [5, 5.41) is 19.5. The zero-order valence-corrected chi connectivity index (χ0v) is 22.2. The molecule has 0 aliphatic heterocycles. The zero-order valence-electron chi connectivity index (χ0n) is 21.2. The number of aliphatic carboxylic acids is 1. The molecule has 2 N–H and O–H groups in total. The van der Waals surface area contributed by atoms with E-state index in [1.54, 1.807) is 0 Å². The van der Waals surface area contributed by atoms with Crippen molar-refractivity contribution in [2.45, 2.75) is 128 Å². The fourth-order valence-electron chi connectivity index (χ4n) is 4.92. The van der Waals surface area contributed by atoms with Gasteiger partial charge in [0, 0.05) is 18.4 Å². The molecule has 0 aromatic heterocycles. The first kappa shape index (κ1) is 27.3. The molecule has 0 aromatic carbocycles. The first-order valence-electron chi connectivity index (χ1n) is 12.9. The van der Waals surface area contributed by atoms with Gasteiger partial charge in [0.2, 0.25) is 0 Å². The topological polar surface area (TPSA) is 66.8 Å². The Kier molecular flexibility index (Phi) is 10.7. The molecule has 1 saturated carbocycles. The van der Waals surface area contributed by atoms with Gasteiger partial charge in [0.1, 0.15) is 0 Å². The van der Waals surface area contributed by atoms with Crippen LogP contribution in [0.1, 0.15) is 97.8 Å². The maximum Gasteiger partial charge on any atom is 0.303 e. The van der Waals surface area contributed by atoms with E-state index in [0.717, 1.165) is 32.1 Å². The van der Waals surface area contributed by atoms with E-state index in [1.807, 2.05) is 0 Å². The van der Waals surface area contributed by atoms with E-state index in [-0.39, 0.29) is 23.5 Å². The van der Waals surface area contributed by atoms with Crippen molar-refractivity contribution >= 4 is 14.3 Å². The number of unbranched alkanes of at least 4 members (excludes halogenated alkanes) is 1. The molecule has 0 saturated heterocycles. The minimum absolute atomic E-state index is 0.200. The van der Waals surface area contributed by atoms with Crippen molar-refractivity contribution in [3.63, 3.8) is 0 Å². The van der Waals surface area contributed by atoms with Crippen molar-refractivity contribution in [2.24, 2.45) is 11.8 Å². The highest BCUT2D eigenvalue weighted by atomic mass is 28.4. The number of allylic oxidation sites excluding steroid dienone is 2. The van der Waals surface area contributed by atoms with Crippen molar-refractivity contribution < 1.29 is 19.4 Å². The molecule has 2 aliphatic rings.